The minimum atomic E-state index is -0.347. The first-order valence-electron chi connectivity index (χ1n) is 8.56. The van der Waals surface area contributed by atoms with Gasteiger partial charge in [0.15, 0.2) is 0 Å². The van der Waals surface area contributed by atoms with Gasteiger partial charge in [-0.2, -0.15) is 0 Å². The van der Waals surface area contributed by atoms with Crippen LogP contribution in [0.2, 0.25) is 5.02 Å². The summed E-state index contributed by atoms with van der Waals surface area (Å²) in [7, 11) is 1.57. The molecule has 0 amide bonds. The van der Waals surface area contributed by atoms with Crippen LogP contribution in [0.25, 0.3) is 0 Å². The van der Waals surface area contributed by atoms with Crippen molar-refractivity contribution in [3.63, 3.8) is 0 Å². The van der Waals surface area contributed by atoms with Crippen molar-refractivity contribution in [2.75, 3.05) is 24.4 Å². The van der Waals surface area contributed by atoms with Crippen molar-refractivity contribution in [1.29, 1.82) is 0 Å². The van der Waals surface area contributed by atoms with Gasteiger partial charge in [-0.1, -0.05) is 11.6 Å². The van der Waals surface area contributed by atoms with Crippen molar-refractivity contribution < 1.29 is 14.3 Å². The molecule has 0 aliphatic rings. The number of hydrogen-bond donors (Lipinski definition) is 2. The number of esters is 1. The van der Waals surface area contributed by atoms with Gasteiger partial charge in [-0.05, 0) is 49.4 Å². The maximum Gasteiger partial charge on any atom is 0.338 e. The maximum absolute atomic E-state index is 11.7. The Kier molecular flexibility index (Phi) is 6.29. The smallest absolute Gasteiger partial charge is 0.338 e. The summed E-state index contributed by atoms with van der Waals surface area (Å²) in [4.78, 5) is 20.1. The molecule has 0 aliphatic carbocycles. The van der Waals surface area contributed by atoms with E-state index in [2.05, 4.69) is 20.6 Å². The monoisotopic (exact) mass is 398 g/mol. The highest BCUT2D eigenvalue weighted by Crippen LogP contribution is 2.28. The molecule has 0 saturated heterocycles. The highest BCUT2D eigenvalue weighted by atomic mass is 35.5. The largest absolute Gasteiger partial charge is 0.495 e. The first-order chi connectivity index (χ1) is 13.6. The minimum absolute atomic E-state index is 0.342. The number of halogens is 1. The van der Waals surface area contributed by atoms with E-state index in [0.717, 1.165) is 11.4 Å². The molecule has 1 aromatic heterocycles. The number of aromatic nitrogens is 2. The molecule has 0 bridgehead atoms. The van der Waals surface area contributed by atoms with E-state index < -0.39 is 0 Å². The summed E-state index contributed by atoms with van der Waals surface area (Å²) < 4.78 is 10.1. The van der Waals surface area contributed by atoms with E-state index in [0.29, 0.717) is 34.6 Å². The minimum Gasteiger partial charge on any atom is -0.495 e. The number of carbonyl (C=O) groups excluding carboxylic acids is 1. The first kappa shape index (κ1) is 19.4. The molecule has 0 atom stereocenters. The third kappa shape index (κ3) is 4.89. The number of benzene rings is 2. The number of carbonyl (C=O) groups is 1. The van der Waals surface area contributed by atoms with Crippen molar-refractivity contribution in [1.82, 2.24) is 9.97 Å². The Morgan fingerprint density at radius 1 is 1.00 bits per heavy atom. The maximum atomic E-state index is 11.7. The van der Waals surface area contributed by atoms with Gasteiger partial charge in [-0.15, -0.1) is 0 Å². The van der Waals surface area contributed by atoms with Gasteiger partial charge in [-0.3, -0.25) is 0 Å². The Balaban J connectivity index is 1.69. The van der Waals surface area contributed by atoms with Crippen LogP contribution in [-0.2, 0) is 4.74 Å². The number of nitrogens with one attached hydrogen (secondary N) is 2. The lowest BCUT2D eigenvalue weighted by molar-refractivity contribution is 0.0526. The van der Waals surface area contributed by atoms with Crippen LogP contribution in [0.3, 0.4) is 0 Å². The molecule has 0 fully saturated rings. The molecule has 0 spiro atoms. The molecule has 1 heterocycles. The van der Waals surface area contributed by atoms with Crippen LogP contribution in [0.15, 0.2) is 54.9 Å². The molecular weight excluding hydrogens is 380 g/mol. The van der Waals surface area contributed by atoms with Gasteiger partial charge in [0.05, 0.1) is 24.3 Å². The molecule has 8 heteroatoms. The fourth-order valence-corrected chi connectivity index (χ4v) is 2.70. The van der Waals surface area contributed by atoms with Crippen LogP contribution in [-0.4, -0.2) is 29.7 Å². The normalized spacial score (nSPS) is 10.2. The van der Waals surface area contributed by atoms with Crippen LogP contribution in [0.1, 0.15) is 17.3 Å². The zero-order chi connectivity index (χ0) is 19.9. The molecule has 144 valence electrons. The Bertz CT molecular complexity index is 964. The van der Waals surface area contributed by atoms with Gasteiger partial charge < -0.3 is 20.1 Å². The fourth-order valence-electron chi connectivity index (χ4n) is 2.44. The summed E-state index contributed by atoms with van der Waals surface area (Å²) in [6.07, 6.45) is 1.45. The quantitative estimate of drug-likeness (QED) is 0.552. The summed E-state index contributed by atoms with van der Waals surface area (Å²) in [5.41, 5.74) is 2.05. The van der Waals surface area contributed by atoms with E-state index in [-0.39, 0.29) is 5.97 Å². The average molecular weight is 399 g/mol. The Morgan fingerprint density at radius 2 is 1.64 bits per heavy atom. The number of rotatable bonds is 7. The lowest BCUT2D eigenvalue weighted by Crippen LogP contribution is -2.04. The summed E-state index contributed by atoms with van der Waals surface area (Å²) in [6.45, 7) is 2.11. The number of anilines is 4. The molecule has 0 unspecified atom stereocenters. The standard InChI is InChI=1S/C20H19ClN4O3/c1-3-28-20(26)13-4-6-14(7-5-13)24-18-11-19(23-12-22-18)25-15-8-9-17(27-2)16(21)10-15/h4-12H,3H2,1-2H3,(H2,22,23,24,25). The molecule has 7 nitrogen and oxygen atoms in total. The van der Waals surface area contributed by atoms with E-state index in [9.17, 15) is 4.79 Å². The summed E-state index contributed by atoms with van der Waals surface area (Å²) in [5.74, 6) is 1.45. The lowest BCUT2D eigenvalue weighted by atomic mass is 10.2. The van der Waals surface area contributed by atoms with Crippen molar-refractivity contribution in [2.24, 2.45) is 0 Å². The number of methoxy groups -OCH3 is 1. The van der Waals surface area contributed by atoms with E-state index in [1.54, 1.807) is 56.5 Å². The van der Waals surface area contributed by atoms with Gasteiger partial charge in [0, 0.05) is 17.4 Å². The predicted molar refractivity (Wildman–Crippen MR) is 109 cm³/mol. The second-order valence-electron chi connectivity index (χ2n) is 5.69. The molecule has 2 aromatic carbocycles. The third-order valence-electron chi connectivity index (χ3n) is 3.76. The highest BCUT2D eigenvalue weighted by Gasteiger charge is 2.07. The Morgan fingerprint density at radius 3 is 2.25 bits per heavy atom. The molecule has 0 radical (unpaired) electrons. The zero-order valence-electron chi connectivity index (χ0n) is 15.4. The molecule has 3 rings (SSSR count). The van der Waals surface area contributed by atoms with Crippen LogP contribution in [0.4, 0.5) is 23.0 Å². The molecule has 0 aliphatic heterocycles. The summed E-state index contributed by atoms with van der Waals surface area (Å²) in [5, 5.41) is 6.84. The summed E-state index contributed by atoms with van der Waals surface area (Å²) >= 11 is 6.15. The van der Waals surface area contributed by atoms with Crippen molar-refractivity contribution in [2.45, 2.75) is 6.92 Å². The van der Waals surface area contributed by atoms with Gasteiger partial charge in [0.1, 0.15) is 23.7 Å². The molecular formula is C20H19ClN4O3. The van der Waals surface area contributed by atoms with Crippen LogP contribution < -0.4 is 15.4 Å². The Labute approximate surface area is 167 Å². The molecule has 0 saturated carbocycles. The van der Waals surface area contributed by atoms with E-state index in [1.807, 2.05) is 6.07 Å². The molecule has 2 N–H and O–H groups in total. The summed E-state index contributed by atoms with van der Waals surface area (Å²) in [6, 6.07) is 14.1. The van der Waals surface area contributed by atoms with Crippen molar-refractivity contribution >= 4 is 40.6 Å². The molecule has 28 heavy (non-hydrogen) atoms. The number of nitrogens with zero attached hydrogens (tertiary/aromatic N) is 2. The van der Waals surface area contributed by atoms with E-state index >= 15 is 0 Å². The third-order valence-corrected chi connectivity index (χ3v) is 4.06. The van der Waals surface area contributed by atoms with Crippen LogP contribution >= 0.6 is 11.6 Å². The zero-order valence-corrected chi connectivity index (χ0v) is 16.2. The highest BCUT2D eigenvalue weighted by molar-refractivity contribution is 6.32. The van der Waals surface area contributed by atoms with E-state index in [4.69, 9.17) is 21.1 Å². The second-order valence-corrected chi connectivity index (χ2v) is 6.09. The average Bonchev–Trinajstić information content (AvgIpc) is 2.69. The Hall–Kier alpha value is -3.32. The van der Waals surface area contributed by atoms with Gasteiger partial charge in [0.25, 0.3) is 0 Å². The van der Waals surface area contributed by atoms with Crippen molar-refractivity contribution in [3.8, 4) is 5.75 Å². The van der Waals surface area contributed by atoms with Crippen molar-refractivity contribution in [3.05, 3.63) is 65.4 Å². The van der Waals surface area contributed by atoms with Gasteiger partial charge in [0.2, 0.25) is 0 Å². The molecule has 3 aromatic rings. The van der Waals surface area contributed by atoms with E-state index in [1.165, 1.54) is 6.33 Å². The lowest BCUT2D eigenvalue weighted by Gasteiger charge is -2.10. The second kappa shape index (κ2) is 9.05. The van der Waals surface area contributed by atoms with Crippen LogP contribution in [0, 0.1) is 0 Å². The van der Waals surface area contributed by atoms with Gasteiger partial charge in [-0.25, -0.2) is 14.8 Å². The number of ether oxygens (including phenoxy) is 2. The number of hydrogen-bond acceptors (Lipinski definition) is 7. The van der Waals surface area contributed by atoms with Crippen LogP contribution in [0.5, 0.6) is 5.75 Å². The topological polar surface area (TPSA) is 85.4 Å². The predicted octanol–water partition coefficient (Wildman–Crippen LogP) is 4.80. The first-order valence-corrected chi connectivity index (χ1v) is 8.93. The SMILES string of the molecule is CCOC(=O)c1ccc(Nc2cc(Nc3ccc(OC)c(Cl)c3)ncn2)cc1. The van der Waals surface area contributed by atoms with Gasteiger partial charge >= 0.3 is 5.97 Å². The fraction of sp³-hybridized carbons (Fsp3) is 0.150.